The summed E-state index contributed by atoms with van der Waals surface area (Å²) in [5, 5.41) is 8.63. The number of halogens is 1. The summed E-state index contributed by atoms with van der Waals surface area (Å²) < 4.78 is 17.7. The van der Waals surface area contributed by atoms with Crippen molar-refractivity contribution in [1.82, 2.24) is 18.7 Å². The fraction of sp³-hybridized carbons (Fsp3) is 0.333. The molecule has 0 aliphatic carbocycles. The van der Waals surface area contributed by atoms with Crippen LogP contribution in [0.3, 0.4) is 0 Å². The molecule has 0 unspecified atom stereocenters. The highest BCUT2D eigenvalue weighted by molar-refractivity contribution is 7.94. The summed E-state index contributed by atoms with van der Waals surface area (Å²) in [6.07, 6.45) is 5.28. The van der Waals surface area contributed by atoms with Crippen LogP contribution in [-0.2, 0) is 6.42 Å². The molecule has 33 heavy (non-hydrogen) atoms. The maximum atomic E-state index is 13.3. The largest absolute Gasteiger partial charge is 0.305 e. The van der Waals surface area contributed by atoms with E-state index in [-0.39, 0.29) is 5.82 Å². The van der Waals surface area contributed by atoms with E-state index in [9.17, 15) is 4.39 Å². The molecule has 3 aromatic heterocycles. The minimum Gasteiger partial charge on any atom is -0.305 e. The molecule has 172 valence electrons. The number of anilines is 2. The van der Waals surface area contributed by atoms with E-state index in [1.807, 2.05) is 12.4 Å². The van der Waals surface area contributed by atoms with Crippen molar-refractivity contribution in [2.24, 2.45) is 5.14 Å². The van der Waals surface area contributed by atoms with Crippen molar-refractivity contribution in [3.8, 4) is 11.3 Å². The third kappa shape index (κ3) is 4.38. The Morgan fingerprint density at radius 2 is 1.91 bits per heavy atom. The summed E-state index contributed by atoms with van der Waals surface area (Å²) in [6.45, 7) is 4.14. The Bertz CT molecular complexity index is 1240. The lowest BCUT2D eigenvalue weighted by Gasteiger charge is -2.30. The van der Waals surface area contributed by atoms with Crippen LogP contribution in [0.5, 0.6) is 0 Å². The first-order valence-electron chi connectivity index (χ1n) is 11.1. The maximum Gasteiger partial charge on any atom is 0.191 e. The van der Waals surface area contributed by atoms with E-state index in [4.69, 9.17) is 15.1 Å². The molecule has 1 aliphatic heterocycles. The smallest absolute Gasteiger partial charge is 0.191 e. The van der Waals surface area contributed by atoms with E-state index in [1.165, 1.54) is 29.8 Å². The molecule has 9 heteroatoms. The van der Waals surface area contributed by atoms with Crippen LogP contribution in [0.4, 0.5) is 15.3 Å². The van der Waals surface area contributed by atoms with Crippen LogP contribution in [0.15, 0.2) is 48.0 Å². The Kier molecular flexibility index (Phi) is 6.38. The van der Waals surface area contributed by atoms with Gasteiger partial charge in [0, 0.05) is 49.4 Å². The number of rotatable bonds is 6. The van der Waals surface area contributed by atoms with E-state index in [2.05, 4.69) is 38.9 Å². The van der Waals surface area contributed by atoms with Gasteiger partial charge in [0.15, 0.2) is 5.13 Å². The van der Waals surface area contributed by atoms with E-state index in [0.29, 0.717) is 5.92 Å². The Morgan fingerprint density at radius 3 is 2.61 bits per heavy atom. The molecule has 0 bridgehead atoms. The highest BCUT2D eigenvalue weighted by Crippen LogP contribution is 2.35. The van der Waals surface area contributed by atoms with Crippen molar-refractivity contribution in [1.29, 1.82) is 0 Å². The second-order valence-electron chi connectivity index (χ2n) is 8.32. The topological polar surface area (TPSA) is 62.7 Å². The van der Waals surface area contributed by atoms with Gasteiger partial charge in [-0.25, -0.2) is 18.7 Å². The highest BCUT2D eigenvalue weighted by Gasteiger charge is 2.23. The molecule has 1 saturated heterocycles. The van der Waals surface area contributed by atoms with Crippen LogP contribution in [0, 0.1) is 5.82 Å². The van der Waals surface area contributed by atoms with Crippen molar-refractivity contribution < 1.29 is 4.39 Å². The number of aromatic nitrogens is 3. The lowest BCUT2D eigenvalue weighted by molar-refractivity contribution is 0.346. The van der Waals surface area contributed by atoms with Gasteiger partial charge in [-0.1, -0.05) is 13.0 Å². The molecular weight excluding hydrogens is 455 g/mol. The van der Waals surface area contributed by atoms with E-state index in [0.717, 1.165) is 65.9 Å². The van der Waals surface area contributed by atoms with Gasteiger partial charge in [0.2, 0.25) is 0 Å². The number of fused-ring (bicyclic) bond motifs is 1. The molecule has 6 nitrogen and oxygen atoms in total. The Morgan fingerprint density at radius 1 is 1.15 bits per heavy atom. The predicted molar refractivity (Wildman–Crippen MR) is 135 cm³/mol. The molecule has 1 fully saturated rings. The fourth-order valence-electron chi connectivity index (χ4n) is 4.49. The molecular formula is C24H27FN6S2. The van der Waals surface area contributed by atoms with Gasteiger partial charge in [0.1, 0.15) is 17.3 Å². The van der Waals surface area contributed by atoms with Gasteiger partial charge in [0.25, 0.3) is 0 Å². The monoisotopic (exact) mass is 482 g/mol. The average Bonchev–Trinajstić information content (AvgIpc) is 3.49. The van der Waals surface area contributed by atoms with Crippen molar-refractivity contribution in [3.63, 3.8) is 0 Å². The van der Waals surface area contributed by atoms with Crippen LogP contribution in [-0.4, -0.2) is 38.8 Å². The standard InChI is InChI=1S/C24H27FN6S2/c1-3-20-23(29(2)24-28-21(15-32-24)17-4-7-19(25)8-5-17)31-14-18(6-9-22(31)27-20)16-10-12-30(33-26)13-11-16/h4-9,14-16H,3,10-13,26H2,1-2H3. The lowest BCUT2D eigenvalue weighted by Crippen LogP contribution is -2.28. The number of thiazole rings is 1. The van der Waals surface area contributed by atoms with Gasteiger partial charge >= 0.3 is 0 Å². The van der Waals surface area contributed by atoms with Crippen molar-refractivity contribution in [2.75, 3.05) is 25.0 Å². The normalized spacial score (nSPS) is 15.4. The molecule has 0 radical (unpaired) electrons. The van der Waals surface area contributed by atoms with Crippen molar-refractivity contribution >= 4 is 40.1 Å². The summed E-state index contributed by atoms with van der Waals surface area (Å²) in [6, 6.07) is 10.8. The van der Waals surface area contributed by atoms with Crippen LogP contribution in [0.2, 0.25) is 0 Å². The molecule has 0 amide bonds. The highest BCUT2D eigenvalue weighted by atomic mass is 32.2. The number of pyridine rings is 1. The Balaban J connectivity index is 1.48. The average molecular weight is 483 g/mol. The first-order chi connectivity index (χ1) is 16.1. The van der Waals surface area contributed by atoms with E-state index in [1.54, 1.807) is 23.5 Å². The van der Waals surface area contributed by atoms with Crippen LogP contribution in [0.1, 0.15) is 36.9 Å². The lowest BCUT2D eigenvalue weighted by atomic mass is 9.91. The van der Waals surface area contributed by atoms with Crippen LogP contribution in [0.25, 0.3) is 16.9 Å². The number of piperidine rings is 1. The second-order valence-corrected chi connectivity index (χ2v) is 9.88. The number of benzene rings is 1. The minimum absolute atomic E-state index is 0.243. The maximum absolute atomic E-state index is 13.3. The van der Waals surface area contributed by atoms with Crippen LogP contribution >= 0.6 is 23.5 Å². The first kappa shape index (κ1) is 22.3. The van der Waals surface area contributed by atoms with Crippen molar-refractivity contribution in [2.45, 2.75) is 32.1 Å². The number of aryl methyl sites for hydroxylation is 1. The van der Waals surface area contributed by atoms with Gasteiger partial charge in [-0.2, -0.15) is 0 Å². The van der Waals surface area contributed by atoms with Crippen LogP contribution < -0.4 is 10.0 Å². The zero-order chi connectivity index (χ0) is 22.9. The summed E-state index contributed by atoms with van der Waals surface area (Å²) in [5.74, 6) is 1.32. The van der Waals surface area contributed by atoms with Gasteiger partial charge in [-0.15, -0.1) is 11.3 Å². The molecule has 1 aliphatic rings. The third-order valence-corrected chi connectivity index (χ3v) is 7.91. The summed E-state index contributed by atoms with van der Waals surface area (Å²) >= 11 is 2.92. The molecule has 0 atom stereocenters. The summed E-state index contributed by atoms with van der Waals surface area (Å²) in [5.41, 5.74) is 5.08. The third-order valence-electron chi connectivity index (χ3n) is 6.33. The van der Waals surface area contributed by atoms with E-state index < -0.39 is 0 Å². The molecule has 4 heterocycles. The number of nitrogens with zero attached hydrogens (tertiary/aromatic N) is 5. The molecule has 2 N–H and O–H groups in total. The number of hydrogen-bond acceptors (Lipinski definition) is 7. The predicted octanol–water partition coefficient (Wildman–Crippen LogP) is 5.63. The summed E-state index contributed by atoms with van der Waals surface area (Å²) in [4.78, 5) is 11.9. The van der Waals surface area contributed by atoms with E-state index >= 15 is 0 Å². The second kappa shape index (κ2) is 9.42. The number of hydrogen-bond donors (Lipinski definition) is 1. The molecule has 5 rings (SSSR count). The van der Waals surface area contributed by atoms with Gasteiger partial charge in [-0.3, -0.25) is 9.54 Å². The zero-order valence-corrected chi connectivity index (χ0v) is 20.4. The quantitative estimate of drug-likeness (QED) is 0.360. The van der Waals surface area contributed by atoms with Gasteiger partial charge in [-0.05, 0) is 61.1 Å². The summed E-state index contributed by atoms with van der Waals surface area (Å²) in [7, 11) is 2.04. The Hall–Kier alpha value is -2.46. The number of imidazole rings is 1. The minimum atomic E-state index is -0.243. The SMILES string of the molecule is CCc1nc2ccc(C3CCN(SN)CC3)cn2c1N(C)c1nc(-c2ccc(F)cc2)cs1. The first-order valence-corrected chi connectivity index (χ1v) is 12.9. The number of nitrogens with two attached hydrogens (primary N) is 1. The van der Waals surface area contributed by atoms with Gasteiger partial charge in [0.05, 0.1) is 11.4 Å². The van der Waals surface area contributed by atoms with Gasteiger partial charge < -0.3 is 4.90 Å². The zero-order valence-electron chi connectivity index (χ0n) is 18.7. The molecule has 4 aromatic rings. The Labute approximate surface area is 201 Å². The molecule has 0 spiro atoms. The fourth-order valence-corrected chi connectivity index (χ4v) is 5.71. The molecule has 0 saturated carbocycles. The van der Waals surface area contributed by atoms with Crippen molar-refractivity contribution in [3.05, 3.63) is 65.0 Å². The molecule has 1 aromatic carbocycles.